The number of hydrogen-bond acceptors (Lipinski definition) is 3. The number of hydrogen-bond donors (Lipinski definition) is 0. The van der Waals surface area contributed by atoms with Gasteiger partial charge in [-0.2, -0.15) is 0 Å². The maximum atomic E-state index is 13.1. The van der Waals surface area contributed by atoms with Gasteiger partial charge in [-0.25, -0.2) is 4.98 Å². The number of pyridine rings is 1. The third-order valence-electron chi connectivity index (χ3n) is 5.82. The summed E-state index contributed by atoms with van der Waals surface area (Å²) in [5.41, 5.74) is -0.120. The molecule has 1 amide bonds. The molecular formula is C17H21BrClN3O. The summed E-state index contributed by atoms with van der Waals surface area (Å²) in [5, 5.41) is 0.655. The van der Waals surface area contributed by atoms with Gasteiger partial charge in [0.05, 0.1) is 10.4 Å². The van der Waals surface area contributed by atoms with E-state index in [0.717, 1.165) is 50.8 Å². The number of fused-ring (bicyclic) bond motifs is 2. The van der Waals surface area contributed by atoms with Gasteiger partial charge in [0, 0.05) is 37.2 Å². The zero-order chi connectivity index (χ0) is 16.0. The first kappa shape index (κ1) is 15.7. The fraction of sp³-hybridized carbons (Fsp3) is 0.647. The van der Waals surface area contributed by atoms with Gasteiger partial charge in [0.15, 0.2) is 0 Å². The summed E-state index contributed by atoms with van der Waals surface area (Å²) in [4.78, 5) is 22.2. The topological polar surface area (TPSA) is 36.4 Å². The highest BCUT2D eigenvalue weighted by Gasteiger charge is 2.57. The van der Waals surface area contributed by atoms with Crippen molar-refractivity contribution in [3.8, 4) is 0 Å². The number of rotatable bonds is 2. The highest BCUT2D eigenvalue weighted by molar-refractivity contribution is 9.09. The molecule has 2 aliphatic carbocycles. The molecule has 2 heterocycles. The SMILES string of the molecule is O=C(N1CCN(c2ccc(Cl)cn2)CC1)C12CCC(CC1Br)C2. The van der Waals surface area contributed by atoms with E-state index < -0.39 is 0 Å². The zero-order valence-electron chi connectivity index (χ0n) is 13.0. The number of piperazine rings is 1. The van der Waals surface area contributed by atoms with Gasteiger partial charge in [-0.05, 0) is 43.7 Å². The normalized spacial score (nSPS) is 33.3. The van der Waals surface area contributed by atoms with Crippen molar-refractivity contribution in [2.45, 2.75) is 30.5 Å². The van der Waals surface area contributed by atoms with Crippen LogP contribution in [0, 0.1) is 11.3 Å². The lowest BCUT2D eigenvalue weighted by atomic mass is 9.82. The van der Waals surface area contributed by atoms with E-state index in [9.17, 15) is 4.79 Å². The Kier molecular flexibility index (Phi) is 4.04. The number of alkyl halides is 1. The number of halogens is 2. The number of carbonyl (C=O) groups is 1. The van der Waals surface area contributed by atoms with Gasteiger partial charge < -0.3 is 9.80 Å². The van der Waals surface area contributed by atoms with Crippen LogP contribution in [0.3, 0.4) is 0 Å². The monoisotopic (exact) mass is 397 g/mol. The third kappa shape index (κ3) is 2.66. The molecule has 3 aliphatic rings. The van der Waals surface area contributed by atoms with E-state index in [1.54, 1.807) is 6.20 Å². The van der Waals surface area contributed by atoms with Crippen molar-refractivity contribution in [3.05, 3.63) is 23.4 Å². The lowest BCUT2D eigenvalue weighted by Gasteiger charge is -2.41. The molecule has 3 atom stereocenters. The first-order valence-electron chi connectivity index (χ1n) is 8.38. The summed E-state index contributed by atoms with van der Waals surface area (Å²) in [6, 6.07) is 3.82. The van der Waals surface area contributed by atoms with E-state index in [1.807, 2.05) is 12.1 Å². The average molecular weight is 399 g/mol. The molecular weight excluding hydrogens is 378 g/mol. The molecule has 0 aromatic carbocycles. The molecule has 3 unspecified atom stereocenters. The first-order chi connectivity index (χ1) is 11.1. The summed E-state index contributed by atoms with van der Waals surface area (Å²) in [7, 11) is 0. The quantitative estimate of drug-likeness (QED) is 0.717. The van der Waals surface area contributed by atoms with Crippen LogP contribution in [0.25, 0.3) is 0 Å². The second-order valence-electron chi connectivity index (χ2n) is 7.08. The van der Waals surface area contributed by atoms with Crippen LogP contribution in [-0.4, -0.2) is 46.8 Å². The number of aromatic nitrogens is 1. The number of nitrogens with zero attached hydrogens (tertiary/aromatic N) is 3. The fourth-order valence-corrected chi connectivity index (χ4v) is 5.77. The summed E-state index contributed by atoms with van der Waals surface area (Å²) in [5.74, 6) is 2.07. The average Bonchev–Trinajstić information content (AvgIpc) is 3.13. The minimum Gasteiger partial charge on any atom is -0.353 e. The number of anilines is 1. The smallest absolute Gasteiger partial charge is 0.230 e. The highest BCUT2D eigenvalue weighted by Crippen LogP contribution is 2.57. The van der Waals surface area contributed by atoms with E-state index >= 15 is 0 Å². The van der Waals surface area contributed by atoms with Gasteiger partial charge in [0.25, 0.3) is 0 Å². The van der Waals surface area contributed by atoms with Crippen molar-refractivity contribution in [2.24, 2.45) is 11.3 Å². The molecule has 3 fully saturated rings. The number of carbonyl (C=O) groups excluding carboxylic acids is 1. The van der Waals surface area contributed by atoms with Gasteiger partial charge >= 0.3 is 0 Å². The fourth-order valence-electron chi connectivity index (χ4n) is 4.52. The maximum absolute atomic E-state index is 13.1. The molecule has 1 aromatic heterocycles. The Labute approximate surface area is 150 Å². The van der Waals surface area contributed by atoms with Crippen molar-refractivity contribution < 1.29 is 4.79 Å². The Bertz CT molecular complexity index is 602. The molecule has 0 N–H and O–H groups in total. The molecule has 0 radical (unpaired) electrons. The summed E-state index contributed by atoms with van der Waals surface area (Å²) >= 11 is 9.69. The molecule has 0 spiro atoms. The van der Waals surface area contributed by atoms with E-state index in [1.165, 1.54) is 12.8 Å². The minimum atomic E-state index is -0.120. The van der Waals surface area contributed by atoms with Crippen LogP contribution in [0.15, 0.2) is 18.3 Å². The van der Waals surface area contributed by atoms with Gasteiger partial charge in [-0.15, -0.1) is 0 Å². The first-order valence-corrected chi connectivity index (χ1v) is 9.68. The van der Waals surface area contributed by atoms with E-state index in [2.05, 4.69) is 30.7 Å². The molecule has 4 rings (SSSR count). The molecule has 6 heteroatoms. The van der Waals surface area contributed by atoms with E-state index in [-0.39, 0.29) is 5.41 Å². The Balaban J connectivity index is 1.41. The number of amides is 1. The van der Waals surface area contributed by atoms with Crippen LogP contribution < -0.4 is 4.90 Å². The van der Waals surface area contributed by atoms with Crippen molar-refractivity contribution >= 4 is 39.3 Å². The Morgan fingerprint density at radius 2 is 2.09 bits per heavy atom. The van der Waals surface area contributed by atoms with Crippen molar-refractivity contribution in [1.82, 2.24) is 9.88 Å². The van der Waals surface area contributed by atoms with Gasteiger partial charge in [0.1, 0.15) is 5.82 Å². The standard InChI is InChI=1S/C17H21BrClN3O/c18-14-9-12-3-4-17(14,10-12)16(23)22-7-5-21(6-8-22)15-2-1-13(19)11-20-15/h1-2,11-12,14H,3-10H2. The molecule has 23 heavy (non-hydrogen) atoms. The van der Waals surface area contributed by atoms with Crippen LogP contribution in [0.1, 0.15) is 25.7 Å². The summed E-state index contributed by atoms with van der Waals surface area (Å²) in [6.45, 7) is 3.25. The maximum Gasteiger partial charge on any atom is 0.230 e. The zero-order valence-corrected chi connectivity index (χ0v) is 15.4. The largest absolute Gasteiger partial charge is 0.353 e. The third-order valence-corrected chi connectivity index (χ3v) is 7.29. The van der Waals surface area contributed by atoms with Gasteiger partial charge in [-0.3, -0.25) is 4.79 Å². The van der Waals surface area contributed by atoms with Gasteiger partial charge in [-0.1, -0.05) is 27.5 Å². The van der Waals surface area contributed by atoms with Crippen LogP contribution in [-0.2, 0) is 4.79 Å². The lowest BCUT2D eigenvalue weighted by molar-refractivity contribution is -0.141. The van der Waals surface area contributed by atoms with Crippen molar-refractivity contribution in [1.29, 1.82) is 0 Å². The molecule has 1 saturated heterocycles. The van der Waals surface area contributed by atoms with Crippen molar-refractivity contribution in [2.75, 3.05) is 31.1 Å². The van der Waals surface area contributed by atoms with Crippen LogP contribution in [0.4, 0.5) is 5.82 Å². The highest BCUT2D eigenvalue weighted by atomic mass is 79.9. The van der Waals surface area contributed by atoms with E-state index in [4.69, 9.17) is 11.6 Å². The van der Waals surface area contributed by atoms with Crippen molar-refractivity contribution in [3.63, 3.8) is 0 Å². The molecule has 1 aromatic rings. The molecule has 2 bridgehead atoms. The van der Waals surface area contributed by atoms with Crippen LogP contribution in [0.2, 0.25) is 5.02 Å². The second-order valence-corrected chi connectivity index (χ2v) is 8.62. The Hall–Kier alpha value is -0.810. The molecule has 1 aliphatic heterocycles. The predicted molar refractivity (Wildman–Crippen MR) is 95.1 cm³/mol. The minimum absolute atomic E-state index is 0.120. The summed E-state index contributed by atoms with van der Waals surface area (Å²) in [6.07, 6.45) is 6.22. The Morgan fingerprint density at radius 1 is 1.30 bits per heavy atom. The van der Waals surface area contributed by atoms with Crippen LogP contribution >= 0.6 is 27.5 Å². The molecule has 4 nitrogen and oxygen atoms in total. The predicted octanol–water partition coefficient (Wildman–Crippen LogP) is 3.34. The molecule has 2 saturated carbocycles. The second kappa shape index (κ2) is 5.92. The van der Waals surface area contributed by atoms with Crippen LogP contribution in [0.5, 0.6) is 0 Å². The summed E-state index contributed by atoms with van der Waals surface area (Å²) < 4.78 is 0. The van der Waals surface area contributed by atoms with Gasteiger partial charge in [0.2, 0.25) is 5.91 Å². The van der Waals surface area contributed by atoms with E-state index in [0.29, 0.717) is 15.8 Å². The Morgan fingerprint density at radius 3 is 2.65 bits per heavy atom. The lowest BCUT2D eigenvalue weighted by Crippen LogP contribution is -2.54. The molecule has 124 valence electrons.